The molecule has 0 aliphatic carbocycles. The van der Waals surface area contributed by atoms with Gasteiger partial charge in [-0.25, -0.2) is 0 Å². The molecule has 0 unspecified atom stereocenters. The number of aryl methyl sites for hydroxylation is 1. The number of nitrogens with one attached hydrogen (secondary N) is 1. The second kappa shape index (κ2) is 9.28. The summed E-state index contributed by atoms with van der Waals surface area (Å²) in [5.74, 6) is 1.56. The number of ether oxygens (including phenoxy) is 2. The average molecular weight is 394 g/mol. The fourth-order valence-corrected chi connectivity index (χ4v) is 3.19. The van der Waals surface area contributed by atoms with E-state index in [0.717, 1.165) is 34.4 Å². The third-order valence-electron chi connectivity index (χ3n) is 5.06. The highest BCUT2D eigenvalue weighted by atomic mass is 16.5. The number of carbonyl (C=O) groups excluding carboxylic acids is 1. The van der Waals surface area contributed by atoms with E-state index in [4.69, 9.17) is 9.47 Å². The number of aromatic nitrogens is 1. The summed E-state index contributed by atoms with van der Waals surface area (Å²) in [6.45, 7) is 0.621. The monoisotopic (exact) mass is 394 g/mol. The zero-order chi connectivity index (χ0) is 20.8. The molecule has 0 atom stereocenters. The number of rotatable bonds is 8. The van der Waals surface area contributed by atoms with Gasteiger partial charge in [0.25, 0.3) is 5.56 Å². The summed E-state index contributed by atoms with van der Waals surface area (Å²) in [6.07, 6.45) is 1.45. The second-order valence-electron chi connectivity index (χ2n) is 6.99. The van der Waals surface area contributed by atoms with E-state index < -0.39 is 0 Å². The van der Waals surface area contributed by atoms with Crippen LogP contribution in [-0.2, 0) is 17.6 Å². The molecule has 0 aliphatic rings. The molecule has 0 bridgehead atoms. The van der Waals surface area contributed by atoms with Crippen LogP contribution in [0.2, 0.25) is 0 Å². The first-order valence-corrected chi connectivity index (χ1v) is 9.57. The van der Waals surface area contributed by atoms with E-state index in [1.165, 1.54) is 0 Å². The number of methoxy groups -OCH3 is 2. The quantitative estimate of drug-likeness (QED) is 0.637. The first-order valence-electron chi connectivity index (χ1n) is 9.57. The number of nitrogens with zero attached hydrogens (tertiary/aromatic N) is 1. The van der Waals surface area contributed by atoms with Crippen LogP contribution in [0.4, 0.5) is 0 Å². The summed E-state index contributed by atoms with van der Waals surface area (Å²) < 4.78 is 10.4. The van der Waals surface area contributed by atoms with E-state index in [1.54, 1.807) is 32.2 Å². The molecule has 3 rings (SSSR count). The van der Waals surface area contributed by atoms with Gasteiger partial charge in [-0.15, -0.1) is 0 Å². The SMILES string of the molecule is COc1ccc(CCN(C)C(=O)CCc2cc3cc(OC)ccc3[nH]c2=O)cc1. The molecule has 6 heteroatoms. The topological polar surface area (TPSA) is 71.6 Å². The number of hydrogen-bond acceptors (Lipinski definition) is 4. The van der Waals surface area contributed by atoms with E-state index in [1.807, 2.05) is 42.5 Å². The Hall–Kier alpha value is -3.28. The van der Waals surface area contributed by atoms with Crippen molar-refractivity contribution in [3.8, 4) is 11.5 Å². The van der Waals surface area contributed by atoms with Crippen molar-refractivity contribution in [3.05, 3.63) is 70.0 Å². The first kappa shape index (κ1) is 20.5. The molecule has 1 amide bonds. The Morgan fingerprint density at radius 3 is 2.34 bits per heavy atom. The van der Waals surface area contributed by atoms with E-state index in [9.17, 15) is 9.59 Å². The van der Waals surface area contributed by atoms with Gasteiger partial charge in [-0.05, 0) is 54.8 Å². The maximum atomic E-state index is 12.5. The number of pyridine rings is 1. The molecule has 6 nitrogen and oxygen atoms in total. The summed E-state index contributed by atoms with van der Waals surface area (Å²) in [5, 5.41) is 0.888. The number of aromatic amines is 1. The van der Waals surface area contributed by atoms with Crippen molar-refractivity contribution >= 4 is 16.8 Å². The Morgan fingerprint density at radius 2 is 1.66 bits per heavy atom. The Bertz CT molecular complexity index is 1040. The summed E-state index contributed by atoms with van der Waals surface area (Å²) in [4.78, 5) is 29.4. The average Bonchev–Trinajstić information content (AvgIpc) is 2.75. The van der Waals surface area contributed by atoms with Crippen LogP contribution in [0, 0.1) is 0 Å². The predicted molar refractivity (Wildman–Crippen MR) is 114 cm³/mol. The van der Waals surface area contributed by atoms with Crippen LogP contribution in [-0.4, -0.2) is 43.6 Å². The molecule has 0 aliphatic heterocycles. The second-order valence-corrected chi connectivity index (χ2v) is 6.99. The van der Waals surface area contributed by atoms with Gasteiger partial charge in [-0.2, -0.15) is 0 Å². The van der Waals surface area contributed by atoms with Crippen molar-refractivity contribution < 1.29 is 14.3 Å². The molecule has 0 spiro atoms. The zero-order valence-electron chi connectivity index (χ0n) is 17.0. The lowest BCUT2D eigenvalue weighted by Crippen LogP contribution is -2.29. The maximum absolute atomic E-state index is 12.5. The number of H-pyrrole nitrogens is 1. The minimum Gasteiger partial charge on any atom is -0.497 e. The molecule has 1 aromatic heterocycles. The van der Waals surface area contributed by atoms with Crippen LogP contribution in [0.15, 0.2) is 53.3 Å². The number of fused-ring (bicyclic) bond motifs is 1. The van der Waals surface area contributed by atoms with Gasteiger partial charge < -0.3 is 19.4 Å². The molecule has 0 saturated carbocycles. The van der Waals surface area contributed by atoms with Crippen LogP contribution in [0.5, 0.6) is 11.5 Å². The lowest BCUT2D eigenvalue weighted by molar-refractivity contribution is -0.129. The van der Waals surface area contributed by atoms with Gasteiger partial charge in [-0.1, -0.05) is 12.1 Å². The lowest BCUT2D eigenvalue weighted by Gasteiger charge is -2.17. The number of hydrogen-bond donors (Lipinski definition) is 1. The van der Waals surface area contributed by atoms with Crippen molar-refractivity contribution in [2.75, 3.05) is 27.8 Å². The number of likely N-dealkylation sites (N-methyl/N-ethyl adjacent to an activating group) is 1. The Kier molecular flexibility index (Phi) is 6.54. The number of carbonyl (C=O) groups is 1. The van der Waals surface area contributed by atoms with Crippen molar-refractivity contribution in [2.24, 2.45) is 0 Å². The fraction of sp³-hybridized carbons (Fsp3) is 0.304. The highest BCUT2D eigenvalue weighted by Gasteiger charge is 2.11. The molecule has 1 heterocycles. The Labute approximate surface area is 170 Å². The van der Waals surface area contributed by atoms with Crippen LogP contribution < -0.4 is 15.0 Å². The van der Waals surface area contributed by atoms with Crippen LogP contribution in [0.3, 0.4) is 0 Å². The normalized spacial score (nSPS) is 10.7. The molecule has 1 N–H and O–H groups in total. The van der Waals surface area contributed by atoms with E-state index >= 15 is 0 Å². The van der Waals surface area contributed by atoms with Gasteiger partial charge in [0.1, 0.15) is 11.5 Å². The van der Waals surface area contributed by atoms with Crippen molar-refractivity contribution in [1.82, 2.24) is 9.88 Å². The third kappa shape index (κ3) is 5.16. The van der Waals surface area contributed by atoms with Crippen molar-refractivity contribution in [2.45, 2.75) is 19.3 Å². The van der Waals surface area contributed by atoms with E-state index in [-0.39, 0.29) is 17.9 Å². The largest absolute Gasteiger partial charge is 0.497 e. The zero-order valence-corrected chi connectivity index (χ0v) is 17.0. The molecule has 3 aromatic rings. The molecular formula is C23H26N2O4. The maximum Gasteiger partial charge on any atom is 0.251 e. The number of benzene rings is 2. The molecular weight excluding hydrogens is 368 g/mol. The minimum absolute atomic E-state index is 0.0173. The van der Waals surface area contributed by atoms with Gasteiger partial charge in [0.05, 0.1) is 14.2 Å². The molecule has 0 radical (unpaired) electrons. The summed E-state index contributed by atoms with van der Waals surface area (Å²) in [7, 11) is 5.04. The molecule has 29 heavy (non-hydrogen) atoms. The van der Waals surface area contributed by atoms with Crippen molar-refractivity contribution in [1.29, 1.82) is 0 Å². The van der Waals surface area contributed by atoms with Gasteiger partial charge in [0.15, 0.2) is 0 Å². The molecule has 152 valence electrons. The fourth-order valence-electron chi connectivity index (χ4n) is 3.19. The summed E-state index contributed by atoms with van der Waals surface area (Å²) in [6, 6.07) is 15.2. The third-order valence-corrected chi connectivity index (χ3v) is 5.06. The van der Waals surface area contributed by atoms with Crippen LogP contribution >= 0.6 is 0 Å². The summed E-state index contributed by atoms with van der Waals surface area (Å²) in [5.41, 5.74) is 2.34. The first-order chi connectivity index (χ1) is 14.0. The summed E-state index contributed by atoms with van der Waals surface area (Å²) >= 11 is 0. The minimum atomic E-state index is -0.156. The van der Waals surface area contributed by atoms with E-state index in [0.29, 0.717) is 18.5 Å². The predicted octanol–water partition coefficient (Wildman–Crippen LogP) is 3.18. The van der Waals surface area contributed by atoms with Crippen molar-refractivity contribution in [3.63, 3.8) is 0 Å². The molecule has 0 fully saturated rings. The Morgan fingerprint density at radius 1 is 0.966 bits per heavy atom. The highest BCUT2D eigenvalue weighted by molar-refractivity contribution is 5.81. The molecule has 2 aromatic carbocycles. The van der Waals surface area contributed by atoms with Gasteiger partial charge in [0.2, 0.25) is 5.91 Å². The standard InChI is InChI=1S/C23H26N2O4/c1-25(13-12-16-4-7-19(28-2)8-5-16)22(26)11-6-17-14-18-15-20(29-3)9-10-21(18)24-23(17)27/h4-5,7-10,14-15H,6,11-13H2,1-3H3,(H,24,27). The van der Waals surface area contributed by atoms with E-state index in [2.05, 4.69) is 4.98 Å². The number of amides is 1. The van der Waals surface area contributed by atoms with Gasteiger partial charge >= 0.3 is 0 Å². The van der Waals surface area contributed by atoms with Gasteiger partial charge in [0, 0.05) is 36.5 Å². The smallest absolute Gasteiger partial charge is 0.251 e. The Balaban J connectivity index is 1.58. The molecule has 0 saturated heterocycles. The lowest BCUT2D eigenvalue weighted by atomic mass is 10.1. The van der Waals surface area contributed by atoms with Crippen LogP contribution in [0.25, 0.3) is 10.9 Å². The van der Waals surface area contributed by atoms with Gasteiger partial charge in [-0.3, -0.25) is 9.59 Å². The van der Waals surface area contributed by atoms with Crippen LogP contribution in [0.1, 0.15) is 17.5 Å². The highest BCUT2D eigenvalue weighted by Crippen LogP contribution is 2.19.